The summed E-state index contributed by atoms with van der Waals surface area (Å²) in [4.78, 5) is 0. The first-order valence-corrected chi connectivity index (χ1v) is 6.80. The van der Waals surface area contributed by atoms with Crippen LogP contribution in [0.3, 0.4) is 0 Å². The Kier molecular flexibility index (Phi) is 1.48. The summed E-state index contributed by atoms with van der Waals surface area (Å²) in [5.74, 6) is 2.50. The summed E-state index contributed by atoms with van der Waals surface area (Å²) in [6, 6.07) is 0. The second kappa shape index (κ2) is 2.63. The lowest BCUT2D eigenvalue weighted by Crippen LogP contribution is -2.53. The summed E-state index contributed by atoms with van der Waals surface area (Å²) < 4.78 is 18.0. The van der Waals surface area contributed by atoms with Gasteiger partial charge in [-0.25, -0.2) is 0 Å². The quantitative estimate of drug-likeness (QED) is 0.645. The van der Waals surface area contributed by atoms with Gasteiger partial charge in [0.2, 0.25) is 0 Å². The third-order valence-electron chi connectivity index (χ3n) is 6.41. The number of ether oxygens (including phenoxy) is 3. The van der Waals surface area contributed by atoms with Crippen molar-refractivity contribution < 1.29 is 14.2 Å². The van der Waals surface area contributed by atoms with Crippen molar-refractivity contribution in [3.8, 4) is 0 Å². The molecule has 0 aromatic rings. The minimum absolute atomic E-state index is 0. The van der Waals surface area contributed by atoms with Crippen LogP contribution in [0.15, 0.2) is 12.2 Å². The third-order valence-corrected chi connectivity index (χ3v) is 6.41. The van der Waals surface area contributed by atoms with Crippen LogP contribution in [-0.2, 0) is 14.2 Å². The van der Waals surface area contributed by atoms with E-state index in [1.165, 1.54) is 12.8 Å². The Balaban J connectivity index is 1.80. The second-order valence-corrected chi connectivity index (χ2v) is 6.39. The van der Waals surface area contributed by atoms with Gasteiger partial charge in [0, 0.05) is 18.9 Å². The molecule has 5 rings (SSSR count). The van der Waals surface area contributed by atoms with Gasteiger partial charge in [0.25, 0.3) is 0 Å². The summed E-state index contributed by atoms with van der Waals surface area (Å²) in [6.07, 6.45) is 7.29. The van der Waals surface area contributed by atoms with Crippen LogP contribution >= 0.6 is 0 Å². The molecule has 7 atom stereocenters. The Labute approximate surface area is 101 Å². The van der Waals surface area contributed by atoms with Crippen molar-refractivity contribution in [3.05, 3.63) is 12.2 Å². The normalized spacial score (nSPS) is 65.6. The van der Waals surface area contributed by atoms with E-state index < -0.39 is 0 Å². The molecule has 0 radical (unpaired) electrons. The highest BCUT2D eigenvalue weighted by Crippen LogP contribution is 2.76. The van der Waals surface area contributed by atoms with Crippen LogP contribution in [0.2, 0.25) is 0 Å². The number of rotatable bonds is 1. The van der Waals surface area contributed by atoms with Gasteiger partial charge in [0.1, 0.15) is 0 Å². The SMILES string of the molecule is COC12[C@@H]3C=C[C@H]1C[C@@H]1COC4OC[C@@H](C3)C412. The molecule has 2 saturated carbocycles. The molecule has 0 bridgehead atoms. The topological polar surface area (TPSA) is 27.7 Å². The molecule has 0 amide bonds. The zero-order valence-electron chi connectivity index (χ0n) is 10.1. The number of hydrogen-bond acceptors (Lipinski definition) is 3. The average Bonchev–Trinajstić information content (AvgIpc) is 3.01. The van der Waals surface area contributed by atoms with Gasteiger partial charge in [-0.2, -0.15) is 0 Å². The molecule has 0 aromatic heterocycles. The number of methoxy groups -OCH3 is 1. The van der Waals surface area contributed by atoms with E-state index in [1.807, 2.05) is 7.11 Å². The molecule has 4 fully saturated rings. The molecule has 3 aliphatic carbocycles. The van der Waals surface area contributed by atoms with Crippen molar-refractivity contribution in [2.45, 2.75) is 24.7 Å². The fraction of sp³-hybridized carbons (Fsp3) is 0.857. The van der Waals surface area contributed by atoms with Crippen molar-refractivity contribution in [2.75, 3.05) is 20.3 Å². The highest BCUT2D eigenvalue weighted by atomic mass is 16.7. The largest absolute Gasteiger partial charge is 0.376 e. The van der Waals surface area contributed by atoms with E-state index in [9.17, 15) is 0 Å². The van der Waals surface area contributed by atoms with Crippen molar-refractivity contribution in [1.29, 1.82) is 0 Å². The summed E-state index contributed by atoms with van der Waals surface area (Å²) in [5, 5.41) is 0. The van der Waals surface area contributed by atoms with Crippen LogP contribution in [0.5, 0.6) is 0 Å². The highest BCUT2D eigenvalue weighted by Gasteiger charge is 2.82. The minimum Gasteiger partial charge on any atom is -0.376 e. The van der Waals surface area contributed by atoms with Gasteiger partial charge >= 0.3 is 0 Å². The first kappa shape index (κ1) is 9.54. The van der Waals surface area contributed by atoms with Crippen LogP contribution in [0.25, 0.3) is 0 Å². The molecule has 1 spiro atoms. The summed E-state index contributed by atoms with van der Waals surface area (Å²) in [5.41, 5.74) is 0.167. The van der Waals surface area contributed by atoms with E-state index in [4.69, 9.17) is 14.2 Å². The molecule has 92 valence electrons. The van der Waals surface area contributed by atoms with Gasteiger partial charge in [0.15, 0.2) is 6.29 Å². The zero-order valence-corrected chi connectivity index (χ0v) is 10.1. The summed E-state index contributed by atoms with van der Waals surface area (Å²) in [6.45, 7) is 1.76. The molecule has 17 heavy (non-hydrogen) atoms. The van der Waals surface area contributed by atoms with Crippen LogP contribution < -0.4 is 0 Å². The molecule has 3 nitrogen and oxygen atoms in total. The predicted octanol–water partition coefficient (Wildman–Crippen LogP) is 1.59. The third kappa shape index (κ3) is 0.694. The first-order chi connectivity index (χ1) is 8.34. The second-order valence-electron chi connectivity index (χ2n) is 6.39. The maximum Gasteiger partial charge on any atom is 0.166 e. The Bertz CT molecular complexity index is 388. The van der Waals surface area contributed by atoms with Crippen LogP contribution in [0.4, 0.5) is 0 Å². The van der Waals surface area contributed by atoms with Gasteiger partial charge < -0.3 is 14.2 Å². The van der Waals surface area contributed by atoms with E-state index in [1.54, 1.807) is 0 Å². The van der Waals surface area contributed by atoms with Crippen molar-refractivity contribution in [3.63, 3.8) is 0 Å². The Morgan fingerprint density at radius 3 is 2.18 bits per heavy atom. The predicted molar refractivity (Wildman–Crippen MR) is 60.2 cm³/mol. The van der Waals surface area contributed by atoms with Gasteiger partial charge in [-0.1, -0.05) is 12.2 Å². The maximum atomic E-state index is 6.17. The van der Waals surface area contributed by atoms with E-state index >= 15 is 0 Å². The summed E-state index contributed by atoms with van der Waals surface area (Å²) in [7, 11) is 1.90. The molecule has 2 aliphatic heterocycles. The Morgan fingerprint density at radius 2 is 1.65 bits per heavy atom. The Hall–Kier alpha value is -0.380. The molecule has 0 N–H and O–H groups in total. The van der Waals surface area contributed by atoms with E-state index in [0.717, 1.165) is 13.2 Å². The molecule has 3 heteroatoms. The van der Waals surface area contributed by atoms with Crippen molar-refractivity contribution in [2.24, 2.45) is 29.1 Å². The van der Waals surface area contributed by atoms with Crippen LogP contribution in [0, 0.1) is 29.1 Å². The van der Waals surface area contributed by atoms with Crippen molar-refractivity contribution >= 4 is 0 Å². The molecular weight excluding hydrogens is 216 g/mol. The molecule has 0 aromatic carbocycles. The monoisotopic (exact) mass is 234 g/mol. The number of hydrogen-bond donors (Lipinski definition) is 0. The average molecular weight is 234 g/mol. The van der Waals surface area contributed by atoms with Gasteiger partial charge in [-0.05, 0) is 24.7 Å². The van der Waals surface area contributed by atoms with Gasteiger partial charge in [-0.3, -0.25) is 0 Å². The highest BCUT2D eigenvalue weighted by molar-refractivity contribution is 5.35. The molecule has 3 unspecified atom stereocenters. The lowest BCUT2D eigenvalue weighted by molar-refractivity contribution is -0.185. The fourth-order valence-electron chi connectivity index (χ4n) is 6.14. The molecule has 5 aliphatic rings. The molecule has 2 heterocycles. The van der Waals surface area contributed by atoms with Gasteiger partial charge in [0.05, 0.1) is 24.2 Å². The standard InChI is InChI=1S/C14H18O3/c1-15-14-8-2-3-9(14)5-11-7-17-12-13(11,14)10(4-8)6-16-12/h2-3,8-12H,4-7H2,1H3/t8-,9+,10-,11-,12?,13?,14?/m1/s1. The van der Waals surface area contributed by atoms with Crippen LogP contribution in [-0.4, -0.2) is 32.2 Å². The molecular formula is C14H18O3. The van der Waals surface area contributed by atoms with Gasteiger partial charge in [-0.15, -0.1) is 0 Å². The van der Waals surface area contributed by atoms with E-state index in [2.05, 4.69) is 12.2 Å². The minimum atomic E-state index is 0. The maximum absolute atomic E-state index is 6.17. The van der Waals surface area contributed by atoms with Crippen molar-refractivity contribution in [1.82, 2.24) is 0 Å². The molecule has 2 saturated heterocycles. The van der Waals surface area contributed by atoms with Crippen LogP contribution in [0.1, 0.15) is 12.8 Å². The lowest BCUT2D eigenvalue weighted by atomic mass is 9.67. The fourth-order valence-corrected chi connectivity index (χ4v) is 6.14. The zero-order chi connectivity index (χ0) is 11.3. The summed E-state index contributed by atoms with van der Waals surface area (Å²) >= 11 is 0. The van der Waals surface area contributed by atoms with E-state index in [0.29, 0.717) is 23.7 Å². The van der Waals surface area contributed by atoms with E-state index in [-0.39, 0.29) is 17.3 Å². The lowest BCUT2D eigenvalue weighted by Gasteiger charge is -2.43. The first-order valence-electron chi connectivity index (χ1n) is 6.80. The smallest absolute Gasteiger partial charge is 0.166 e. The Morgan fingerprint density at radius 1 is 1.06 bits per heavy atom.